The molecule has 0 aliphatic rings. The van der Waals surface area contributed by atoms with Gasteiger partial charge in [-0.15, -0.1) is 0 Å². The average Bonchev–Trinajstić information content (AvgIpc) is 3.10. The van der Waals surface area contributed by atoms with Crippen molar-refractivity contribution in [1.29, 1.82) is 5.26 Å². The summed E-state index contributed by atoms with van der Waals surface area (Å²) in [4.78, 5) is 20.8. The van der Waals surface area contributed by atoms with E-state index in [2.05, 4.69) is 20.4 Å². The van der Waals surface area contributed by atoms with Crippen LogP contribution in [0.15, 0.2) is 42.9 Å². The number of hydrogen-bond donors (Lipinski definition) is 1. The number of amides is 1. The summed E-state index contributed by atoms with van der Waals surface area (Å²) in [7, 11) is 0. The van der Waals surface area contributed by atoms with Gasteiger partial charge < -0.3 is 5.32 Å². The average molecular weight is 387 g/mol. The fourth-order valence-electron chi connectivity index (χ4n) is 2.33. The molecule has 2 aromatic heterocycles. The van der Waals surface area contributed by atoms with E-state index >= 15 is 0 Å². The number of nitrogens with one attached hydrogen (secondary N) is 1. The maximum Gasteiger partial charge on any atom is 0.251 e. The Bertz CT molecular complexity index is 973. The SMILES string of the molecule is C[C@H](NC(=O)c1cc(Cl)cc(Cl)c1)c1ncnn1-c1ccc(C#N)cn1. The molecule has 1 N–H and O–H groups in total. The first kappa shape index (κ1) is 17.9. The largest absolute Gasteiger partial charge is 0.342 e. The van der Waals surface area contributed by atoms with Crippen molar-refractivity contribution < 1.29 is 4.79 Å². The molecule has 3 aromatic rings. The molecule has 9 heteroatoms. The first-order valence-corrected chi connectivity index (χ1v) is 8.27. The summed E-state index contributed by atoms with van der Waals surface area (Å²) >= 11 is 11.9. The number of halogens is 2. The summed E-state index contributed by atoms with van der Waals surface area (Å²) in [5, 5.41) is 16.6. The van der Waals surface area contributed by atoms with Crippen LogP contribution in [-0.2, 0) is 0 Å². The van der Waals surface area contributed by atoms with Crippen molar-refractivity contribution in [3.05, 3.63) is 69.9 Å². The normalized spacial score (nSPS) is 11.6. The van der Waals surface area contributed by atoms with Gasteiger partial charge in [0.1, 0.15) is 12.4 Å². The van der Waals surface area contributed by atoms with Crippen LogP contribution in [0.2, 0.25) is 10.0 Å². The molecule has 0 bridgehead atoms. The number of pyridine rings is 1. The maximum atomic E-state index is 12.4. The molecule has 0 unspecified atom stereocenters. The van der Waals surface area contributed by atoms with E-state index in [1.54, 1.807) is 25.1 Å². The quantitative estimate of drug-likeness (QED) is 0.741. The predicted molar refractivity (Wildman–Crippen MR) is 96.2 cm³/mol. The van der Waals surface area contributed by atoms with Gasteiger partial charge in [-0.3, -0.25) is 4.79 Å². The van der Waals surface area contributed by atoms with Gasteiger partial charge in [0.2, 0.25) is 0 Å². The van der Waals surface area contributed by atoms with E-state index in [1.807, 2.05) is 6.07 Å². The molecule has 26 heavy (non-hydrogen) atoms. The summed E-state index contributed by atoms with van der Waals surface area (Å²) in [6, 6.07) is 9.44. The monoisotopic (exact) mass is 386 g/mol. The lowest BCUT2D eigenvalue weighted by atomic mass is 10.2. The van der Waals surface area contributed by atoms with Crippen molar-refractivity contribution in [2.45, 2.75) is 13.0 Å². The third kappa shape index (κ3) is 3.82. The van der Waals surface area contributed by atoms with Gasteiger partial charge >= 0.3 is 0 Å². The fraction of sp³-hybridized carbons (Fsp3) is 0.118. The summed E-state index contributed by atoms with van der Waals surface area (Å²) < 4.78 is 1.50. The lowest BCUT2D eigenvalue weighted by Gasteiger charge is -2.14. The number of hydrogen-bond acceptors (Lipinski definition) is 5. The van der Waals surface area contributed by atoms with E-state index in [-0.39, 0.29) is 5.91 Å². The van der Waals surface area contributed by atoms with E-state index < -0.39 is 6.04 Å². The van der Waals surface area contributed by atoms with Gasteiger partial charge in [-0.2, -0.15) is 15.0 Å². The lowest BCUT2D eigenvalue weighted by molar-refractivity contribution is 0.0938. The zero-order chi connectivity index (χ0) is 18.7. The molecule has 0 aliphatic heterocycles. The van der Waals surface area contributed by atoms with Crippen LogP contribution in [0.5, 0.6) is 0 Å². The highest BCUT2D eigenvalue weighted by Gasteiger charge is 2.18. The molecule has 1 aromatic carbocycles. The number of rotatable bonds is 4. The first-order chi connectivity index (χ1) is 12.5. The van der Waals surface area contributed by atoms with Gasteiger partial charge in [-0.05, 0) is 37.3 Å². The van der Waals surface area contributed by atoms with Gasteiger partial charge in [0.05, 0.1) is 11.6 Å². The van der Waals surface area contributed by atoms with Gasteiger partial charge in [-0.1, -0.05) is 23.2 Å². The van der Waals surface area contributed by atoms with Gasteiger partial charge in [0.15, 0.2) is 11.6 Å². The van der Waals surface area contributed by atoms with Gasteiger partial charge in [-0.25, -0.2) is 9.97 Å². The molecule has 130 valence electrons. The van der Waals surface area contributed by atoms with E-state index in [0.29, 0.717) is 32.8 Å². The number of carbonyl (C=O) groups excluding carboxylic acids is 1. The van der Waals surface area contributed by atoms with Crippen LogP contribution in [0.3, 0.4) is 0 Å². The fourth-order valence-corrected chi connectivity index (χ4v) is 2.86. The molecule has 3 rings (SSSR count). The van der Waals surface area contributed by atoms with E-state index in [4.69, 9.17) is 28.5 Å². The highest BCUT2D eigenvalue weighted by Crippen LogP contribution is 2.20. The zero-order valence-corrected chi connectivity index (χ0v) is 15.0. The van der Waals surface area contributed by atoms with Crippen LogP contribution in [0.4, 0.5) is 0 Å². The summed E-state index contributed by atoms with van der Waals surface area (Å²) in [6.45, 7) is 1.77. The predicted octanol–water partition coefficient (Wildman–Crippen LogP) is 3.33. The van der Waals surface area contributed by atoms with Crippen molar-refractivity contribution in [1.82, 2.24) is 25.1 Å². The van der Waals surface area contributed by atoms with Crippen molar-refractivity contribution in [3.8, 4) is 11.9 Å². The van der Waals surface area contributed by atoms with Crippen molar-refractivity contribution in [3.63, 3.8) is 0 Å². The Labute approximate surface area is 159 Å². The van der Waals surface area contributed by atoms with E-state index in [9.17, 15) is 4.79 Å². The third-order valence-corrected chi connectivity index (χ3v) is 3.96. The smallest absolute Gasteiger partial charge is 0.251 e. The van der Waals surface area contributed by atoms with Crippen LogP contribution in [-0.4, -0.2) is 25.7 Å². The third-order valence-electron chi connectivity index (χ3n) is 3.53. The molecule has 0 spiro atoms. The Morgan fingerprint density at radius 3 is 2.58 bits per heavy atom. The van der Waals surface area contributed by atoms with E-state index in [1.165, 1.54) is 29.3 Å². The highest BCUT2D eigenvalue weighted by atomic mass is 35.5. The Kier molecular flexibility index (Phi) is 5.16. The molecule has 0 radical (unpaired) electrons. The molecular weight excluding hydrogens is 375 g/mol. The molecule has 0 aliphatic carbocycles. The van der Waals surface area contributed by atoms with Gasteiger partial charge in [0, 0.05) is 21.8 Å². The minimum Gasteiger partial charge on any atom is -0.342 e. The molecule has 0 saturated heterocycles. The molecule has 0 saturated carbocycles. The molecule has 0 fully saturated rings. The van der Waals surface area contributed by atoms with Crippen LogP contribution < -0.4 is 5.32 Å². The van der Waals surface area contributed by atoms with Crippen LogP contribution in [0.25, 0.3) is 5.82 Å². The van der Waals surface area contributed by atoms with Crippen molar-refractivity contribution >= 4 is 29.1 Å². The van der Waals surface area contributed by atoms with Gasteiger partial charge in [0.25, 0.3) is 5.91 Å². The van der Waals surface area contributed by atoms with Crippen LogP contribution in [0.1, 0.15) is 34.7 Å². The highest BCUT2D eigenvalue weighted by molar-refractivity contribution is 6.35. The summed E-state index contributed by atoms with van der Waals surface area (Å²) in [5.74, 6) is 0.635. The number of carbonyl (C=O) groups is 1. The molecule has 1 amide bonds. The number of nitriles is 1. The number of nitrogens with zero attached hydrogens (tertiary/aromatic N) is 5. The van der Waals surface area contributed by atoms with E-state index in [0.717, 1.165) is 0 Å². The molecule has 7 nitrogen and oxygen atoms in total. The van der Waals surface area contributed by atoms with Crippen LogP contribution in [0, 0.1) is 11.3 Å². The second kappa shape index (κ2) is 7.52. The summed E-state index contributed by atoms with van der Waals surface area (Å²) in [6.07, 6.45) is 2.81. The minimum atomic E-state index is -0.458. The lowest BCUT2D eigenvalue weighted by Crippen LogP contribution is -2.28. The molecule has 1 atom stereocenters. The Balaban J connectivity index is 1.82. The maximum absolute atomic E-state index is 12.4. The zero-order valence-electron chi connectivity index (χ0n) is 13.5. The molecular formula is C17H12Cl2N6O. The first-order valence-electron chi connectivity index (χ1n) is 7.51. The van der Waals surface area contributed by atoms with Crippen LogP contribution >= 0.6 is 23.2 Å². The Morgan fingerprint density at radius 2 is 1.96 bits per heavy atom. The topological polar surface area (TPSA) is 96.5 Å². The minimum absolute atomic E-state index is 0.343. The Morgan fingerprint density at radius 1 is 1.23 bits per heavy atom. The standard InChI is InChI=1S/C17H12Cl2N6O/c1-10(24-17(26)12-4-13(18)6-14(19)5-12)16-22-9-23-25(16)15-3-2-11(7-20)8-21-15/h2-6,8-10H,1H3,(H,24,26)/t10-/m0/s1. The Hall–Kier alpha value is -2.95. The van der Waals surface area contributed by atoms with Crippen molar-refractivity contribution in [2.24, 2.45) is 0 Å². The molecule has 2 heterocycles. The number of benzene rings is 1. The second-order valence-corrected chi connectivity index (χ2v) is 6.27. The second-order valence-electron chi connectivity index (χ2n) is 5.40. The number of aromatic nitrogens is 4. The van der Waals surface area contributed by atoms with Crippen molar-refractivity contribution in [2.75, 3.05) is 0 Å². The summed E-state index contributed by atoms with van der Waals surface area (Å²) in [5.41, 5.74) is 0.784.